The highest BCUT2D eigenvalue weighted by Gasteiger charge is 2.03. The summed E-state index contributed by atoms with van der Waals surface area (Å²) in [5.41, 5.74) is 12.5. The van der Waals surface area contributed by atoms with Gasteiger partial charge in [-0.15, -0.1) is 0 Å². The van der Waals surface area contributed by atoms with Gasteiger partial charge in [0.15, 0.2) is 0 Å². The summed E-state index contributed by atoms with van der Waals surface area (Å²) in [4.78, 5) is 14.6. The van der Waals surface area contributed by atoms with E-state index in [2.05, 4.69) is 10.3 Å². The van der Waals surface area contributed by atoms with Crippen LogP contribution in [0.15, 0.2) is 30.6 Å². The normalized spacial score (nSPS) is 10.5. The summed E-state index contributed by atoms with van der Waals surface area (Å²) >= 11 is 0. The minimum absolute atomic E-state index is 0.0638. The predicted octanol–water partition coefficient (Wildman–Crippen LogP) is 0.731. The topological polar surface area (TPSA) is 103 Å². The Labute approximate surface area is 110 Å². The molecule has 6 heteroatoms. The van der Waals surface area contributed by atoms with Crippen LogP contribution >= 0.6 is 0 Å². The van der Waals surface area contributed by atoms with Crippen LogP contribution in [-0.4, -0.2) is 30.6 Å². The van der Waals surface area contributed by atoms with Crippen molar-refractivity contribution in [3.63, 3.8) is 0 Å². The molecule has 0 aliphatic carbocycles. The van der Waals surface area contributed by atoms with Crippen LogP contribution in [0.5, 0.6) is 0 Å². The van der Waals surface area contributed by atoms with Crippen molar-refractivity contribution in [3.8, 4) is 0 Å². The molecule has 0 bridgehead atoms. The van der Waals surface area contributed by atoms with Crippen LogP contribution in [0.4, 0.5) is 11.4 Å². The lowest BCUT2D eigenvalue weighted by Crippen LogP contribution is -2.20. The van der Waals surface area contributed by atoms with Crippen LogP contribution in [-0.2, 0) is 9.53 Å². The fourth-order valence-electron chi connectivity index (χ4n) is 1.80. The summed E-state index contributed by atoms with van der Waals surface area (Å²) < 4.78 is 5.08. The van der Waals surface area contributed by atoms with Crippen molar-refractivity contribution in [3.05, 3.63) is 30.6 Å². The predicted molar refractivity (Wildman–Crippen MR) is 74.7 cm³/mol. The quantitative estimate of drug-likeness (QED) is 0.525. The van der Waals surface area contributed by atoms with Crippen molar-refractivity contribution >= 4 is 28.1 Å². The number of amides is 1. The number of primary amides is 1. The number of nitrogens with zero attached hydrogens (tertiary/aromatic N) is 1. The smallest absolute Gasteiger partial charge is 0.243 e. The monoisotopic (exact) mass is 260 g/mol. The third-order valence-electron chi connectivity index (χ3n) is 2.66. The zero-order valence-corrected chi connectivity index (χ0v) is 10.4. The lowest BCUT2D eigenvalue weighted by atomic mass is 10.1. The van der Waals surface area contributed by atoms with Gasteiger partial charge in [0.2, 0.25) is 5.91 Å². The Kier molecular flexibility index (Phi) is 4.15. The van der Waals surface area contributed by atoms with Crippen molar-refractivity contribution in [2.45, 2.75) is 0 Å². The number of hydrogen-bond acceptors (Lipinski definition) is 5. The van der Waals surface area contributed by atoms with E-state index in [1.165, 1.54) is 0 Å². The maximum absolute atomic E-state index is 10.5. The van der Waals surface area contributed by atoms with Gasteiger partial charge in [0.1, 0.15) is 6.61 Å². The van der Waals surface area contributed by atoms with Crippen LogP contribution in [0, 0.1) is 0 Å². The number of fused-ring (bicyclic) bond motifs is 1. The number of nitrogen functional groups attached to an aromatic ring is 1. The first-order valence-corrected chi connectivity index (χ1v) is 5.90. The summed E-state index contributed by atoms with van der Waals surface area (Å²) in [6.45, 7) is 0.905. The number of rotatable bonds is 6. The van der Waals surface area contributed by atoms with Crippen molar-refractivity contribution < 1.29 is 9.53 Å². The second kappa shape index (κ2) is 6.01. The Hall–Kier alpha value is -2.34. The van der Waals surface area contributed by atoms with Gasteiger partial charge in [0.05, 0.1) is 6.61 Å². The molecule has 19 heavy (non-hydrogen) atoms. The number of carbonyl (C=O) groups is 1. The van der Waals surface area contributed by atoms with Gasteiger partial charge in [0.25, 0.3) is 0 Å². The first-order chi connectivity index (χ1) is 9.18. The van der Waals surface area contributed by atoms with Crippen molar-refractivity contribution in [2.24, 2.45) is 5.73 Å². The maximum Gasteiger partial charge on any atom is 0.243 e. The van der Waals surface area contributed by atoms with E-state index in [0.717, 1.165) is 16.5 Å². The Morgan fingerprint density at radius 2 is 2.16 bits per heavy atom. The van der Waals surface area contributed by atoms with E-state index in [4.69, 9.17) is 16.2 Å². The molecule has 0 atom stereocenters. The van der Waals surface area contributed by atoms with E-state index in [1.807, 2.05) is 18.2 Å². The van der Waals surface area contributed by atoms with Gasteiger partial charge < -0.3 is 21.5 Å². The second-order valence-corrected chi connectivity index (χ2v) is 4.07. The molecule has 2 aromatic rings. The van der Waals surface area contributed by atoms with E-state index in [1.54, 1.807) is 12.4 Å². The summed E-state index contributed by atoms with van der Waals surface area (Å²) in [5.74, 6) is -0.470. The molecule has 0 radical (unpaired) electrons. The largest absolute Gasteiger partial charge is 0.398 e. The van der Waals surface area contributed by atoms with Crippen LogP contribution in [0.25, 0.3) is 10.8 Å². The average Bonchev–Trinajstić information content (AvgIpc) is 2.41. The Bertz CT molecular complexity index is 586. The molecule has 0 unspecified atom stereocenters. The molecular formula is C13H16N4O2. The van der Waals surface area contributed by atoms with Gasteiger partial charge in [-0.25, -0.2) is 0 Å². The standard InChI is InChI=1S/C13H16N4O2/c14-11-1-2-12(10-7-16-4-3-9(10)11)17-5-6-19-8-13(15)18/h1-4,7,17H,5-6,8,14H2,(H2,15,18). The number of hydrogen-bond donors (Lipinski definition) is 3. The number of anilines is 2. The fourth-order valence-corrected chi connectivity index (χ4v) is 1.80. The summed E-state index contributed by atoms with van der Waals surface area (Å²) in [6.07, 6.45) is 3.47. The first-order valence-electron chi connectivity index (χ1n) is 5.90. The molecule has 100 valence electrons. The molecule has 0 saturated heterocycles. The van der Waals surface area contributed by atoms with E-state index in [0.29, 0.717) is 18.8 Å². The third-order valence-corrected chi connectivity index (χ3v) is 2.66. The first kappa shape index (κ1) is 13.1. The van der Waals surface area contributed by atoms with E-state index in [9.17, 15) is 4.79 Å². The van der Waals surface area contributed by atoms with Gasteiger partial charge in [-0.2, -0.15) is 0 Å². The third kappa shape index (κ3) is 3.32. The van der Waals surface area contributed by atoms with Crippen LogP contribution in [0.2, 0.25) is 0 Å². The lowest BCUT2D eigenvalue weighted by molar-refractivity contribution is -0.122. The fraction of sp³-hybridized carbons (Fsp3) is 0.231. The Morgan fingerprint density at radius 3 is 2.95 bits per heavy atom. The zero-order valence-electron chi connectivity index (χ0n) is 10.4. The van der Waals surface area contributed by atoms with Crippen molar-refractivity contribution in [1.29, 1.82) is 0 Å². The van der Waals surface area contributed by atoms with Crippen molar-refractivity contribution in [1.82, 2.24) is 4.98 Å². The van der Waals surface area contributed by atoms with Gasteiger partial charge >= 0.3 is 0 Å². The molecule has 0 aliphatic heterocycles. The highest BCUT2D eigenvalue weighted by Crippen LogP contribution is 2.27. The molecule has 0 fully saturated rings. The Morgan fingerprint density at radius 1 is 1.32 bits per heavy atom. The number of carbonyl (C=O) groups excluding carboxylic acids is 1. The molecule has 6 nitrogen and oxygen atoms in total. The molecule has 0 saturated carbocycles. The van der Waals surface area contributed by atoms with Crippen LogP contribution in [0.3, 0.4) is 0 Å². The maximum atomic E-state index is 10.5. The second-order valence-electron chi connectivity index (χ2n) is 4.07. The van der Waals surface area contributed by atoms with Gasteiger partial charge in [-0.3, -0.25) is 9.78 Å². The molecule has 2 rings (SSSR count). The Balaban J connectivity index is 2.01. The average molecular weight is 260 g/mol. The van der Waals surface area contributed by atoms with Gasteiger partial charge in [0, 0.05) is 41.1 Å². The zero-order chi connectivity index (χ0) is 13.7. The lowest BCUT2D eigenvalue weighted by Gasteiger charge is -2.11. The van der Waals surface area contributed by atoms with E-state index >= 15 is 0 Å². The number of aromatic nitrogens is 1. The highest BCUT2D eigenvalue weighted by molar-refractivity contribution is 6.00. The van der Waals surface area contributed by atoms with Crippen LogP contribution < -0.4 is 16.8 Å². The molecule has 0 aliphatic rings. The molecule has 1 aromatic heterocycles. The van der Waals surface area contributed by atoms with Crippen molar-refractivity contribution in [2.75, 3.05) is 30.8 Å². The number of benzene rings is 1. The van der Waals surface area contributed by atoms with Gasteiger partial charge in [-0.1, -0.05) is 0 Å². The number of nitrogens with two attached hydrogens (primary N) is 2. The summed E-state index contributed by atoms with van der Waals surface area (Å²) in [5, 5.41) is 5.13. The van der Waals surface area contributed by atoms with E-state index in [-0.39, 0.29) is 6.61 Å². The summed E-state index contributed by atoms with van der Waals surface area (Å²) in [6, 6.07) is 5.61. The molecule has 1 aromatic carbocycles. The molecule has 5 N–H and O–H groups in total. The van der Waals surface area contributed by atoms with Crippen LogP contribution in [0.1, 0.15) is 0 Å². The number of nitrogens with one attached hydrogen (secondary N) is 1. The molecule has 0 spiro atoms. The minimum atomic E-state index is -0.470. The summed E-state index contributed by atoms with van der Waals surface area (Å²) in [7, 11) is 0. The SMILES string of the molecule is NC(=O)COCCNc1ccc(N)c2ccncc12. The highest BCUT2D eigenvalue weighted by atomic mass is 16.5. The number of ether oxygens (including phenoxy) is 1. The van der Waals surface area contributed by atoms with Gasteiger partial charge in [-0.05, 0) is 18.2 Å². The molecular weight excluding hydrogens is 244 g/mol. The molecule has 1 amide bonds. The van der Waals surface area contributed by atoms with E-state index < -0.39 is 5.91 Å². The minimum Gasteiger partial charge on any atom is -0.398 e. The molecule has 1 heterocycles. The number of pyridine rings is 1.